The van der Waals surface area contributed by atoms with E-state index < -0.39 is 6.09 Å². The number of nitriles is 1. The smallest absolute Gasteiger partial charge is 0.409 e. The van der Waals surface area contributed by atoms with Crippen LogP contribution in [0, 0.1) is 11.3 Å². The van der Waals surface area contributed by atoms with Crippen LogP contribution in [0.4, 0.5) is 16.4 Å². The Morgan fingerprint density at radius 3 is 2.64 bits per heavy atom. The molecule has 10 heteroatoms. The summed E-state index contributed by atoms with van der Waals surface area (Å²) >= 11 is 6.56. The summed E-state index contributed by atoms with van der Waals surface area (Å²) in [5.74, 6) is 1.41. The number of halogens is 1. The summed E-state index contributed by atoms with van der Waals surface area (Å²) in [5.41, 5.74) is 9.31. The number of nitrogens with two attached hydrogens (primary N) is 1. The molecule has 0 radical (unpaired) electrons. The second-order valence-electron chi connectivity index (χ2n) is 7.98. The first-order chi connectivity index (χ1) is 15.7. The number of hydrogen-bond donors (Lipinski definition) is 1. The van der Waals surface area contributed by atoms with Gasteiger partial charge in [-0.1, -0.05) is 18.2 Å². The molecule has 1 aliphatic rings. The molecule has 174 valence electrons. The van der Waals surface area contributed by atoms with Gasteiger partial charge in [-0.05, 0) is 25.5 Å². The highest BCUT2D eigenvalue weighted by Gasteiger charge is 2.38. The summed E-state index contributed by atoms with van der Waals surface area (Å²) < 4.78 is 10.6. The highest BCUT2D eigenvalue weighted by atomic mass is 35.5. The molecular formula is C23H27ClN6O3. The van der Waals surface area contributed by atoms with Crippen molar-refractivity contribution in [2.45, 2.75) is 25.8 Å². The Hall–Kier alpha value is -3.51. The molecule has 1 atom stereocenters. The Kier molecular flexibility index (Phi) is 6.98. The Balaban J connectivity index is 2.08. The number of carbonyl (C=O) groups excluding carboxylic acids is 1. The summed E-state index contributed by atoms with van der Waals surface area (Å²) in [4.78, 5) is 23.8. The van der Waals surface area contributed by atoms with Gasteiger partial charge in [-0.15, -0.1) is 0 Å². The number of rotatable bonds is 6. The second-order valence-corrected chi connectivity index (χ2v) is 8.39. The van der Waals surface area contributed by atoms with Gasteiger partial charge in [0.2, 0.25) is 0 Å². The molecule has 0 bridgehead atoms. The van der Waals surface area contributed by atoms with Gasteiger partial charge in [0.15, 0.2) is 0 Å². The van der Waals surface area contributed by atoms with E-state index in [0.29, 0.717) is 52.2 Å². The van der Waals surface area contributed by atoms with Gasteiger partial charge in [-0.3, -0.25) is 0 Å². The number of ether oxygens (including phenoxy) is 2. The largest absolute Gasteiger partial charge is 0.496 e. The Morgan fingerprint density at radius 1 is 1.42 bits per heavy atom. The van der Waals surface area contributed by atoms with Crippen LogP contribution in [-0.4, -0.2) is 55.3 Å². The van der Waals surface area contributed by atoms with E-state index in [1.165, 1.54) is 13.4 Å². The Labute approximate surface area is 198 Å². The first kappa shape index (κ1) is 24.1. The number of carbonyl (C=O) groups is 1. The molecule has 2 N–H and O–H groups in total. The number of likely N-dealkylation sites (tertiary alicyclic amines) is 1. The van der Waals surface area contributed by atoms with Gasteiger partial charge in [-0.2, -0.15) is 5.26 Å². The third-order valence-electron chi connectivity index (χ3n) is 5.98. The normalized spacial score (nSPS) is 14.2. The second kappa shape index (κ2) is 9.55. The van der Waals surface area contributed by atoms with Crippen LogP contribution in [0.2, 0.25) is 5.02 Å². The maximum absolute atomic E-state index is 11.8. The third kappa shape index (κ3) is 4.26. The highest BCUT2D eigenvalue weighted by molar-refractivity contribution is 6.32. The summed E-state index contributed by atoms with van der Waals surface area (Å²) in [6.07, 6.45) is 0.998. The van der Waals surface area contributed by atoms with Gasteiger partial charge in [0.25, 0.3) is 0 Å². The van der Waals surface area contributed by atoms with Crippen molar-refractivity contribution in [3.63, 3.8) is 0 Å². The van der Waals surface area contributed by atoms with E-state index >= 15 is 0 Å². The zero-order valence-corrected chi connectivity index (χ0v) is 20.1. The average molecular weight is 471 g/mol. The minimum atomic E-state index is -0.409. The lowest BCUT2D eigenvalue weighted by Gasteiger charge is -2.40. The van der Waals surface area contributed by atoms with Crippen LogP contribution < -0.4 is 15.4 Å². The standard InChI is InChI=1S/C23H27ClN6O3/c1-12(2)18-21(26)27-11-28-22(18)29(4)13(3)15-7-17(24)16(8-25)19(20(15)32-5)14-9-30(10-14)23(31)33-6/h7,11,13-14H,1,9-10H2,2-6H3,(H2,26,27,28). The fraction of sp³-hybridized carbons (Fsp3) is 0.391. The maximum atomic E-state index is 11.8. The zero-order valence-electron chi connectivity index (χ0n) is 19.3. The van der Waals surface area contributed by atoms with Gasteiger partial charge < -0.3 is 25.0 Å². The molecule has 2 aromatic rings. The topological polar surface area (TPSA) is 118 Å². The van der Waals surface area contributed by atoms with Gasteiger partial charge >= 0.3 is 6.09 Å². The number of anilines is 2. The minimum absolute atomic E-state index is 0.107. The zero-order chi connectivity index (χ0) is 24.4. The summed E-state index contributed by atoms with van der Waals surface area (Å²) in [6, 6.07) is 3.68. The highest BCUT2D eigenvalue weighted by Crippen LogP contribution is 2.45. The molecule has 1 amide bonds. The van der Waals surface area contributed by atoms with E-state index in [0.717, 1.165) is 11.1 Å². The quantitative estimate of drug-likeness (QED) is 0.673. The lowest BCUT2D eigenvalue weighted by molar-refractivity contribution is 0.0874. The van der Waals surface area contributed by atoms with Crippen LogP contribution in [0.3, 0.4) is 0 Å². The van der Waals surface area contributed by atoms with Crippen molar-refractivity contribution < 1.29 is 14.3 Å². The van der Waals surface area contributed by atoms with Gasteiger partial charge in [0.05, 0.1) is 36.4 Å². The number of allylic oxidation sites excluding steroid dienone is 1. The van der Waals surface area contributed by atoms with Crippen LogP contribution in [0.25, 0.3) is 5.57 Å². The SMILES string of the molecule is C=C(C)c1c(N)ncnc1N(C)C(C)c1cc(Cl)c(C#N)c(C2CN(C(=O)OC)C2)c1OC. The van der Waals surface area contributed by atoms with E-state index in [1.54, 1.807) is 18.1 Å². The first-order valence-corrected chi connectivity index (χ1v) is 10.7. The number of nitrogens with zero attached hydrogens (tertiary/aromatic N) is 5. The molecule has 1 saturated heterocycles. The van der Waals surface area contributed by atoms with Crippen LogP contribution in [0.5, 0.6) is 5.75 Å². The van der Waals surface area contributed by atoms with Crippen LogP contribution in [0.15, 0.2) is 19.0 Å². The molecule has 1 aliphatic heterocycles. The van der Waals surface area contributed by atoms with Crippen LogP contribution in [-0.2, 0) is 4.74 Å². The molecule has 3 rings (SSSR count). The van der Waals surface area contributed by atoms with Crippen molar-refractivity contribution in [3.8, 4) is 11.8 Å². The monoisotopic (exact) mass is 470 g/mol. The van der Waals surface area contributed by atoms with Gasteiger partial charge in [-0.25, -0.2) is 14.8 Å². The summed E-state index contributed by atoms with van der Waals surface area (Å²) in [7, 11) is 4.78. The third-order valence-corrected chi connectivity index (χ3v) is 6.28. The summed E-state index contributed by atoms with van der Waals surface area (Å²) in [5, 5.41) is 10.1. The maximum Gasteiger partial charge on any atom is 0.409 e. The van der Waals surface area contributed by atoms with E-state index in [-0.39, 0.29) is 12.0 Å². The van der Waals surface area contributed by atoms with E-state index in [4.69, 9.17) is 26.8 Å². The van der Waals surface area contributed by atoms with Crippen molar-refractivity contribution in [2.75, 3.05) is 45.0 Å². The molecule has 1 aromatic carbocycles. The van der Waals surface area contributed by atoms with Crippen molar-refractivity contribution >= 4 is 34.9 Å². The molecule has 0 spiro atoms. The predicted octanol–water partition coefficient (Wildman–Crippen LogP) is 3.99. The average Bonchev–Trinajstić information content (AvgIpc) is 2.76. The Bertz CT molecular complexity index is 1140. The fourth-order valence-corrected chi connectivity index (χ4v) is 4.37. The van der Waals surface area contributed by atoms with E-state index in [9.17, 15) is 10.1 Å². The number of hydrogen-bond acceptors (Lipinski definition) is 8. The molecule has 1 unspecified atom stereocenters. The predicted molar refractivity (Wildman–Crippen MR) is 127 cm³/mol. The van der Waals surface area contributed by atoms with Crippen LogP contribution in [0.1, 0.15) is 48.1 Å². The lowest BCUT2D eigenvalue weighted by atomic mass is 9.85. The number of nitrogen functional groups attached to an aromatic ring is 1. The minimum Gasteiger partial charge on any atom is -0.496 e. The lowest BCUT2D eigenvalue weighted by Crippen LogP contribution is -2.48. The van der Waals surface area contributed by atoms with Crippen molar-refractivity contribution in [2.24, 2.45) is 0 Å². The van der Waals surface area contributed by atoms with Gasteiger partial charge in [0, 0.05) is 37.2 Å². The molecule has 33 heavy (non-hydrogen) atoms. The first-order valence-electron chi connectivity index (χ1n) is 10.3. The number of amides is 1. The molecule has 9 nitrogen and oxygen atoms in total. The Morgan fingerprint density at radius 2 is 2.09 bits per heavy atom. The molecular weight excluding hydrogens is 444 g/mol. The molecule has 1 fully saturated rings. The summed E-state index contributed by atoms with van der Waals surface area (Å²) in [6.45, 7) is 8.64. The van der Waals surface area contributed by atoms with Crippen LogP contribution >= 0.6 is 11.6 Å². The number of benzene rings is 1. The molecule has 0 aliphatic carbocycles. The fourth-order valence-electron chi connectivity index (χ4n) is 4.11. The van der Waals surface area contributed by atoms with E-state index in [2.05, 4.69) is 22.6 Å². The number of methoxy groups -OCH3 is 2. The molecule has 2 heterocycles. The van der Waals surface area contributed by atoms with Crippen molar-refractivity contribution in [3.05, 3.63) is 46.2 Å². The molecule has 0 saturated carbocycles. The van der Waals surface area contributed by atoms with Crippen molar-refractivity contribution in [1.82, 2.24) is 14.9 Å². The van der Waals surface area contributed by atoms with Gasteiger partial charge in [0.1, 0.15) is 29.8 Å². The molecule has 1 aromatic heterocycles. The van der Waals surface area contributed by atoms with E-state index in [1.807, 2.05) is 25.8 Å². The van der Waals surface area contributed by atoms with Crippen molar-refractivity contribution in [1.29, 1.82) is 5.26 Å². The number of aromatic nitrogens is 2.